The van der Waals surface area contributed by atoms with E-state index in [0.717, 1.165) is 11.3 Å². The molecule has 5 aromatic rings. The molecule has 0 spiro atoms. The number of ether oxygens (including phenoxy) is 1. The SMILES string of the molecule is Cc1ccc(OCCSc2nnc(-c3nn(Cc4ccccc4)c(=O)c4ccccc34)o2)cc1. The van der Waals surface area contributed by atoms with E-state index in [2.05, 4.69) is 15.3 Å². The summed E-state index contributed by atoms with van der Waals surface area (Å²) >= 11 is 1.41. The van der Waals surface area contributed by atoms with Crippen molar-refractivity contribution >= 4 is 22.5 Å². The Labute approximate surface area is 200 Å². The molecule has 34 heavy (non-hydrogen) atoms. The minimum Gasteiger partial charge on any atom is -0.493 e. The molecule has 2 aromatic heterocycles. The summed E-state index contributed by atoms with van der Waals surface area (Å²) in [7, 11) is 0. The third kappa shape index (κ3) is 4.87. The van der Waals surface area contributed by atoms with Crippen molar-refractivity contribution < 1.29 is 9.15 Å². The molecule has 2 heterocycles. The number of rotatable bonds is 8. The fourth-order valence-corrected chi connectivity index (χ4v) is 4.12. The van der Waals surface area contributed by atoms with Gasteiger partial charge < -0.3 is 9.15 Å². The Bertz CT molecular complexity index is 1460. The highest BCUT2D eigenvalue weighted by atomic mass is 32.2. The van der Waals surface area contributed by atoms with Gasteiger partial charge in [-0.1, -0.05) is 78.0 Å². The van der Waals surface area contributed by atoms with Crippen LogP contribution in [0.5, 0.6) is 5.75 Å². The molecule has 0 radical (unpaired) electrons. The maximum Gasteiger partial charge on any atom is 0.277 e. The van der Waals surface area contributed by atoms with Crippen LogP contribution in [0.25, 0.3) is 22.4 Å². The fourth-order valence-electron chi connectivity index (χ4n) is 3.54. The van der Waals surface area contributed by atoms with E-state index in [9.17, 15) is 4.79 Å². The Morgan fingerprint density at radius 1 is 0.912 bits per heavy atom. The van der Waals surface area contributed by atoms with Crippen molar-refractivity contribution in [2.75, 3.05) is 12.4 Å². The van der Waals surface area contributed by atoms with Crippen molar-refractivity contribution in [1.29, 1.82) is 0 Å². The molecule has 0 aliphatic heterocycles. The van der Waals surface area contributed by atoms with E-state index in [0.29, 0.717) is 40.6 Å². The highest BCUT2D eigenvalue weighted by molar-refractivity contribution is 7.99. The van der Waals surface area contributed by atoms with E-state index in [1.54, 1.807) is 6.07 Å². The first-order chi connectivity index (χ1) is 16.7. The van der Waals surface area contributed by atoms with Crippen molar-refractivity contribution in [3.05, 3.63) is 100 Å². The Morgan fingerprint density at radius 3 is 2.44 bits per heavy atom. The molecule has 0 aliphatic rings. The predicted molar refractivity (Wildman–Crippen MR) is 132 cm³/mol. The molecule has 0 aliphatic carbocycles. The van der Waals surface area contributed by atoms with Gasteiger partial charge >= 0.3 is 0 Å². The van der Waals surface area contributed by atoms with Crippen molar-refractivity contribution in [2.45, 2.75) is 18.7 Å². The third-order valence-corrected chi connectivity index (χ3v) is 6.03. The average Bonchev–Trinajstić information content (AvgIpc) is 3.34. The van der Waals surface area contributed by atoms with Crippen LogP contribution in [0.3, 0.4) is 0 Å². The van der Waals surface area contributed by atoms with E-state index in [1.165, 1.54) is 22.0 Å². The van der Waals surface area contributed by atoms with Crippen molar-refractivity contribution in [2.24, 2.45) is 0 Å². The summed E-state index contributed by atoms with van der Waals surface area (Å²) in [5.74, 6) is 1.76. The van der Waals surface area contributed by atoms with Crippen LogP contribution in [0.15, 0.2) is 93.3 Å². The van der Waals surface area contributed by atoms with E-state index < -0.39 is 0 Å². The molecular weight excluding hydrogens is 448 g/mol. The highest BCUT2D eigenvalue weighted by Gasteiger charge is 2.18. The van der Waals surface area contributed by atoms with E-state index in [1.807, 2.05) is 79.7 Å². The maximum atomic E-state index is 13.0. The van der Waals surface area contributed by atoms with Gasteiger partial charge in [0.25, 0.3) is 16.7 Å². The molecule has 8 heteroatoms. The van der Waals surface area contributed by atoms with Gasteiger partial charge in [-0.25, -0.2) is 4.68 Å². The van der Waals surface area contributed by atoms with Crippen LogP contribution in [0, 0.1) is 6.92 Å². The van der Waals surface area contributed by atoms with Gasteiger partial charge in [0.05, 0.1) is 18.5 Å². The quantitative estimate of drug-likeness (QED) is 0.234. The van der Waals surface area contributed by atoms with Gasteiger partial charge in [0.15, 0.2) is 5.69 Å². The Kier molecular flexibility index (Phi) is 6.40. The van der Waals surface area contributed by atoms with Gasteiger partial charge in [0.2, 0.25) is 0 Å². The van der Waals surface area contributed by atoms with Gasteiger partial charge in [0.1, 0.15) is 5.75 Å². The van der Waals surface area contributed by atoms with Crippen LogP contribution in [0.4, 0.5) is 0 Å². The highest BCUT2D eigenvalue weighted by Crippen LogP contribution is 2.26. The fraction of sp³-hybridized carbons (Fsp3) is 0.154. The minimum atomic E-state index is -0.162. The van der Waals surface area contributed by atoms with E-state index >= 15 is 0 Å². The summed E-state index contributed by atoms with van der Waals surface area (Å²) in [4.78, 5) is 13.0. The standard InChI is InChI=1S/C26H22N4O3S/c1-18-11-13-20(14-12-18)32-15-16-34-26-28-27-24(33-26)23-21-9-5-6-10-22(21)25(31)30(29-23)17-19-7-3-2-4-8-19/h2-14H,15-17H2,1H3. The van der Waals surface area contributed by atoms with E-state index in [-0.39, 0.29) is 11.4 Å². The van der Waals surface area contributed by atoms with Crippen molar-refractivity contribution in [3.8, 4) is 17.3 Å². The number of hydrogen-bond acceptors (Lipinski definition) is 7. The molecule has 0 bridgehead atoms. The molecule has 0 amide bonds. The van der Waals surface area contributed by atoms with Gasteiger partial charge in [-0.15, -0.1) is 10.2 Å². The lowest BCUT2D eigenvalue weighted by Gasteiger charge is -2.09. The minimum absolute atomic E-state index is 0.162. The Morgan fingerprint density at radius 2 is 1.65 bits per heavy atom. The number of nitrogens with zero attached hydrogens (tertiary/aromatic N) is 4. The third-order valence-electron chi connectivity index (χ3n) is 5.25. The molecular formula is C26H22N4O3S. The summed E-state index contributed by atoms with van der Waals surface area (Å²) < 4.78 is 13.1. The molecule has 3 aromatic carbocycles. The predicted octanol–water partition coefficient (Wildman–Crippen LogP) is 4.97. The van der Waals surface area contributed by atoms with Crippen LogP contribution >= 0.6 is 11.8 Å². The molecule has 0 saturated heterocycles. The van der Waals surface area contributed by atoms with Gasteiger partial charge in [0, 0.05) is 11.1 Å². The van der Waals surface area contributed by atoms with Crippen LogP contribution < -0.4 is 10.3 Å². The maximum absolute atomic E-state index is 13.0. The van der Waals surface area contributed by atoms with Crippen molar-refractivity contribution in [3.63, 3.8) is 0 Å². The Balaban J connectivity index is 1.36. The second-order valence-corrected chi connectivity index (χ2v) is 8.77. The molecule has 5 rings (SSSR count). The van der Waals surface area contributed by atoms with Gasteiger partial charge in [-0.2, -0.15) is 5.10 Å². The van der Waals surface area contributed by atoms with Crippen molar-refractivity contribution in [1.82, 2.24) is 20.0 Å². The van der Waals surface area contributed by atoms with Gasteiger partial charge in [-0.3, -0.25) is 4.79 Å². The summed E-state index contributed by atoms with van der Waals surface area (Å²) in [6.45, 7) is 2.90. The summed E-state index contributed by atoms with van der Waals surface area (Å²) in [6, 6.07) is 25.0. The number of hydrogen-bond donors (Lipinski definition) is 0. The topological polar surface area (TPSA) is 83.0 Å². The largest absolute Gasteiger partial charge is 0.493 e. The first-order valence-corrected chi connectivity index (χ1v) is 11.9. The zero-order valence-corrected chi connectivity index (χ0v) is 19.4. The zero-order chi connectivity index (χ0) is 23.3. The number of benzene rings is 3. The molecule has 0 atom stereocenters. The number of fused-ring (bicyclic) bond motifs is 1. The van der Waals surface area contributed by atoms with Crippen LogP contribution in [0.1, 0.15) is 11.1 Å². The Hall–Kier alpha value is -3.91. The lowest BCUT2D eigenvalue weighted by molar-refractivity contribution is 0.343. The second kappa shape index (κ2) is 9.93. The number of thioether (sulfide) groups is 1. The smallest absolute Gasteiger partial charge is 0.277 e. The molecule has 0 unspecified atom stereocenters. The zero-order valence-electron chi connectivity index (χ0n) is 18.5. The van der Waals surface area contributed by atoms with Crippen LogP contribution in [-0.4, -0.2) is 32.3 Å². The lowest BCUT2D eigenvalue weighted by atomic mass is 10.1. The molecule has 0 fully saturated rings. The summed E-state index contributed by atoms with van der Waals surface area (Å²) in [5.41, 5.74) is 2.50. The monoisotopic (exact) mass is 470 g/mol. The second-order valence-electron chi connectivity index (χ2n) is 7.73. The lowest BCUT2D eigenvalue weighted by Crippen LogP contribution is -2.24. The molecule has 7 nitrogen and oxygen atoms in total. The average molecular weight is 471 g/mol. The van der Waals surface area contributed by atoms with E-state index in [4.69, 9.17) is 9.15 Å². The number of aromatic nitrogens is 4. The summed E-state index contributed by atoms with van der Waals surface area (Å²) in [5, 5.41) is 14.6. The van der Waals surface area contributed by atoms with Gasteiger partial charge in [-0.05, 0) is 30.7 Å². The molecule has 170 valence electrons. The first-order valence-electron chi connectivity index (χ1n) is 10.9. The summed E-state index contributed by atoms with van der Waals surface area (Å²) in [6.07, 6.45) is 0. The number of aryl methyl sites for hydroxylation is 1. The first kappa shape index (κ1) is 21.9. The normalized spacial score (nSPS) is 11.1. The van der Waals surface area contributed by atoms with Crippen LogP contribution in [-0.2, 0) is 6.54 Å². The molecule has 0 saturated carbocycles. The molecule has 0 N–H and O–H groups in total. The van der Waals surface area contributed by atoms with Crippen LogP contribution in [0.2, 0.25) is 0 Å².